The minimum Gasteiger partial charge on any atom is -0.388 e. The fourth-order valence-corrected chi connectivity index (χ4v) is 2.25. The largest absolute Gasteiger partial charge is 0.416 e. The van der Waals surface area contributed by atoms with Crippen molar-refractivity contribution in [3.63, 3.8) is 0 Å². The first-order valence-corrected chi connectivity index (χ1v) is 6.17. The second-order valence-corrected chi connectivity index (χ2v) is 4.93. The Kier molecular flexibility index (Phi) is 3.86. The molecule has 0 aliphatic carbocycles. The van der Waals surface area contributed by atoms with Gasteiger partial charge in [-0.15, -0.1) is 11.3 Å². The van der Waals surface area contributed by atoms with Gasteiger partial charge in [0.15, 0.2) is 0 Å². The lowest BCUT2D eigenvalue weighted by Crippen LogP contribution is -2.09. The maximum atomic E-state index is 13.2. The van der Waals surface area contributed by atoms with Crippen LogP contribution in [0.1, 0.15) is 22.1 Å². The molecule has 102 valence electrons. The molecule has 1 N–H and O–H groups in total. The molecule has 0 radical (unpaired) electrons. The van der Waals surface area contributed by atoms with E-state index in [9.17, 15) is 22.7 Å². The predicted molar refractivity (Wildman–Crippen MR) is 62.2 cm³/mol. The Balaban J connectivity index is 2.26. The van der Waals surface area contributed by atoms with E-state index in [0.29, 0.717) is 10.9 Å². The molecular weight excluding hydrogens is 282 g/mol. The lowest BCUT2D eigenvalue weighted by atomic mass is 10.0. The Labute approximate surface area is 110 Å². The van der Waals surface area contributed by atoms with Crippen molar-refractivity contribution in [3.05, 3.63) is 51.7 Å². The lowest BCUT2D eigenvalue weighted by molar-refractivity contribution is -0.137. The number of aliphatic hydroxyl groups excluding tert-OH is 1. The molecule has 1 unspecified atom stereocenters. The third-order valence-electron chi connectivity index (χ3n) is 2.51. The molecule has 0 fully saturated rings. The number of halogens is 4. The van der Waals surface area contributed by atoms with E-state index in [-0.39, 0.29) is 12.0 Å². The number of rotatable bonds is 3. The van der Waals surface area contributed by atoms with Crippen molar-refractivity contribution < 1.29 is 22.7 Å². The van der Waals surface area contributed by atoms with Crippen LogP contribution >= 0.6 is 11.3 Å². The number of nitrogens with zero attached hydrogens (tertiary/aromatic N) is 1. The maximum absolute atomic E-state index is 13.2. The van der Waals surface area contributed by atoms with Crippen LogP contribution in [-0.2, 0) is 12.6 Å². The van der Waals surface area contributed by atoms with Gasteiger partial charge in [-0.1, -0.05) is 0 Å². The van der Waals surface area contributed by atoms with E-state index < -0.39 is 23.7 Å². The van der Waals surface area contributed by atoms with Crippen LogP contribution in [0.5, 0.6) is 0 Å². The second kappa shape index (κ2) is 5.26. The first-order chi connectivity index (χ1) is 8.86. The molecule has 0 saturated carbocycles. The highest BCUT2D eigenvalue weighted by molar-refractivity contribution is 7.09. The quantitative estimate of drug-likeness (QED) is 0.877. The van der Waals surface area contributed by atoms with Gasteiger partial charge < -0.3 is 5.11 Å². The van der Waals surface area contributed by atoms with Crippen LogP contribution in [-0.4, -0.2) is 10.1 Å². The van der Waals surface area contributed by atoms with Crippen LogP contribution in [0.3, 0.4) is 0 Å². The smallest absolute Gasteiger partial charge is 0.388 e. The number of hydrogen-bond acceptors (Lipinski definition) is 3. The molecule has 2 aromatic rings. The lowest BCUT2D eigenvalue weighted by Gasteiger charge is -2.13. The molecule has 1 atom stereocenters. The standard InChI is InChI=1S/C12H9F4NOS/c13-9-2-7(1-8(3-9)12(14,15)16)11(18)4-10-5-17-6-19-10/h1-3,5-6,11,18H,4H2. The minimum atomic E-state index is -4.64. The summed E-state index contributed by atoms with van der Waals surface area (Å²) in [6.45, 7) is 0. The van der Waals surface area contributed by atoms with Gasteiger partial charge in [0.25, 0.3) is 0 Å². The highest BCUT2D eigenvalue weighted by atomic mass is 32.1. The third kappa shape index (κ3) is 3.51. The average Bonchev–Trinajstić information content (AvgIpc) is 2.79. The van der Waals surface area contributed by atoms with Crippen LogP contribution < -0.4 is 0 Å². The molecular formula is C12H9F4NOS. The summed E-state index contributed by atoms with van der Waals surface area (Å²) in [5.74, 6) is -1.02. The van der Waals surface area contributed by atoms with Gasteiger partial charge in [-0.2, -0.15) is 13.2 Å². The summed E-state index contributed by atoms with van der Waals surface area (Å²) in [7, 11) is 0. The van der Waals surface area contributed by atoms with Gasteiger partial charge in [0, 0.05) is 17.5 Å². The number of hydrogen-bond donors (Lipinski definition) is 1. The van der Waals surface area contributed by atoms with Gasteiger partial charge in [0.2, 0.25) is 0 Å². The molecule has 0 aliphatic heterocycles. The second-order valence-electron chi connectivity index (χ2n) is 3.96. The van der Waals surface area contributed by atoms with E-state index in [4.69, 9.17) is 0 Å². The van der Waals surface area contributed by atoms with Crippen LogP contribution in [0.4, 0.5) is 17.6 Å². The molecule has 1 aromatic heterocycles. The van der Waals surface area contributed by atoms with Gasteiger partial charge >= 0.3 is 6.18 Å². The van der Waals surface area contributed by atoms with Crippen LogP contribution in [0, 0.1) is 5.82 Å². The van der Waals surface area contributed by atoms with Crippen LogP contribution in [0.25, 0.3) is 0 Å². The summed E-state index contributed by atoms with van der Waals surface area (Å²) in [4.78, 5) is 4.51. The third-order valence-corrected chi connectivity index (χ3v) is 3.31. The van der Waals surface area contributed by atoms with Crippen molar-refractivity contribution >= 4 is 11.3 Å². The van der Waals surface area contributed by atoms with Crippen molar-refractivity contribution in [3.8, 4) is 0 Å². The highest BCUT2D eigenvalue weighted by Gasteiger charge is 2.31. The normalized spacial score (nSPS) is 13.5. The number of aliphatic hydroxyl groups is 1. The Morgan fingerprint density at radius 1 is 1.26 bits per heavy atom. The van der Waals surface area contributed by atoms with E-state index in [0.717, 1.165) is 12.1 Å². The number of aromatic nitrogens is 1. The van der Waals surface area contributed by atoms with Gasteiger partial charge in [0.1, 0.15) is 5.82 Å². The molecule has 0 amide bonds. The van der Waals surface area contributed by atoms with Crippen LogP contribution in [0.15, 0.2) is 29.9 Å². The SMILES string of the molecule is OC(Cc1cncs1)c1cc(F)cc(C(F)(F)F)c1. The van der Waals surface area contributed by atoms with Gasteiger partial charge in [-0.3, -0.25) is 4.98 Å². The molecule has 1 aromatic carbocycles. The molecule has 0 bridgehead atoms. The summed E-state index contributed by atoms with van der Waals surface area (Å²) < 4.78 is 50.8. The fraction of sp³-hybridized carbons (Fsp3) is 0.250. The molecule has 0 spiro atoms. The molecule has 1 heterocycles. The summed E-state index contributed by atoms with van der Waals surface area (Å²) in [6, 6.07) is 2.07. The fourth-order valence-electron chi connectivity index (χ4n) is 1.62. The van der Waals surface area contributed by atoms with Gasteiger partial charge in [-0.05, 0) is 23.8 Å². The first kappa shape index (κ1) is 14.0. The number of benzene rings is 1. The predicted octanol–water partition coefficient (Wildman–Crippen LogP) is 3.58. The van der Waals surface area contributed by atoms with E-state index >= 15 is 0 Å². The summed E-state index contributed by atoms with van der Waals surface area (Å²) in [5, 5.41) is 9.85. The molecule has 2 rings (SSSR count). The molecule has 7 heteroatoms. The molecule has 2 nitrogen and oxygen atoms in total. The van der Waals surface area contributed by atoms with Crippen molar-refractivity contribution in [2.24, 2.45) is 0 Å². The van der Waals surface area contributed by atoms with Crippen molar-refractivity contribution in [1.29, 1.82) is 0 Å². The van der Waals surface area contributed by atoms with Gasteiger partial charge in [0.05, 0.1) is 17.2 Å². The zero-order valence-corrected chi connectivity index (χ0v) is 10.3. The Hall–Kier alpha value is -1.47. The van der Waals surface area contributed by atoms with Crippen LogP contribution in [0.2, 0.25) is 0 Å². The monoisotopic (exact) mass is 291 g/mol. The zero-order chi connectivity index (χ0) is 14.0. The van der Waals surface area contributed by atoms with E-state index in [2.05, 4.69) is 4.98 Å². The first-order valence-electron chi connectivity index (χ1n) is 5.29. The Morgan fingerprint density at radius 2 is 2.00 bits per heavy atom. The molecule has 19 heavy (non-hydrogen) atoms. The minimum absolute atomic E-state index is 0.0966. The Morgan fingerprint density at radius 3 is 2.58 bits per heavy atom. The van der Waals surface area contributed by atoms with E-state index in [1.165, 1.54) is 17.5 Å². The highest BCUT2D eigenvalue weighted by Crippen LogP contribution is 2.32. The Bertz CT molecular complexity index is 553. The average molecular weight is 291 g/mol. The summed E-state index contributed by atoms with van der Waals surface area (Å²) in [5.41, 5.74) is 0.348. The van der Waals surface area contributed by atoms with Crippen molar-refractivity contribution in [2.75, 3.05) is 0 Å². The summed E-state index contributed by atoms with van der Waals surface area (Å²) >= 11 is 1.27. The molecule has 0 saturated heterocycles. The van der Waals surface area contributed by atoms with E-state index in [1.807, 2.05) is 0 Å². The van der Waals surface area contributed by atoms with Crippen molar-refractivity contribution in [2.45, 2.75) is 18.7 Å². The summed E-state index contributed by atoms with van der Waals surface area (Å²) in [6.07, 6.45) is -4.22. The van der Waals surface area contributed by atoms with Gasteiger partial charge in [-0.25, -0.2) is 4.39 Å². The zero-order valence-electron chi connectivity index (χ0n) is 9.49. The number of alkyl halides is 3. The number of thiazole rings is 1. The molecule has 0 aliphatic rings. The topological polar surface area (TPSA) is 33.1 Å². The maximum Gasteiger partial charge on any atom is 0.416 e. The van der Waals surface area contributed by atoms with Crippen molar-refractivity contribution in [1.82, 2.24) is 4.98 Å². The van der Waals surface area contributed by atoms with E-state index in [1.54, 1.807) is 5.51 Å².